The van der Waals surface area contributed by atoms with Crippen molar-refractivity contribution in [3.63, 3.8) is 0 Å². The predicted octanol–water partition coefficient (Wildman–Crippen LogP) is 2.38. The topological polar surface area (TPSA) is 71.4 Å². The van der Waals surface area contributed by atoms with E-state index in [0.29, 0.717) is 38.2 Å². The summed E-state index contributed by atoms with van der Waals surface area (Å²) in [5, 5.41) is 22.7. The van der Waals surface area contributed by atoms with Gasteiger partial charge in [0.1, 0.15) is 0 Å². The number of phenols is 1. The summed E-state index contributed by atoms with van der Waals surface area (Å²) >= 11 is 0. The minimum Gasteiger partial charge on any atom is -0.504 e. The molecular formula is C23H31NO5. The van der Waals surface area contributed by atoms with E-state index in [1.165, 1.54) is 18.4 Å². The maximum Gasteiger partial charge on any atom is 0.206 e. The average molecular weight is 402 g/mol. The van der Waals surface area contributed by atoms with Crippen molar-refractivity contribution in [3.8, 4) is 11.5 Å². The molecule has 3 unspecified atom stereocenters. The van der Waals surface area contributed by atoms with Gasteiger partial charge < -0.3 is 24.4 Å². The van der Waals surface area contributed by atoms with Gasteiger partial charge in [-0.25, -0.2) is 0 Å². The molecule has 6 nitrogen and oxygen atoms in total. The molecule has 3 fully saturated rings. The molecule has 158 valence electrons. The Kier molecular flexibility index (Phi) is 4.18. The number of aliphatic hydroxyl groups is 1. The van der Waals surface area contributed by atoms with Crippen LogP contribution < -0.4 is 4.74 Å². The SMILES string of the molecule is Oc1ccc2c3c1OC1CC(O)(CCC14OCCO4)C(C2)N(CC1CC1)CCC3. The number of benzene rings is 1. The molecule has 6 heteroatoms. The van der Waals surface area contributed by atoms with Gasteiger partial charge in [0.05, 0.1) is 18.8 Å². The molecule has 3 atom stereocenters. The molecule has 0 aromatic heterocycles. The lowest BCUT2D eigenvalue weighted by Gasteiger charge is -2.50. The van der Waals surface area contributed by atoms with Crippen LogP contribution in [-0.4, -0.2) is 65.0 Å². The smallest absolute Gasteiger partial charge is 0.206 e. The summed E-state index contributed by atoms with van der Waals surface area (Å²) < 4.78 is 18.6. The van der Waals surface area contributed by atoms with Crippen LogP contribution >= 0.6 is 0 Å². The summed E-state index contributed by atoms with van der Waals surface area (Å²) in [5.74, 6) is 0.728. The third-order valence-corrected chi connectivity index (χ3v) is 7.84. The molecule has 2 saturated carbocycles. The minimum absolute atomic E-state index is 0.0579. The number of hydrogen-bond donors (Lipinski definition) is 2. The number of fused-ring (bicyclic) bond motifs is 5. The second kappa shape index (κ2) is 6.58. The fraction of sp³-hybridized carbons (Fsp3) is 0.739. The van der Waals surface area contributed by atoms with Crippen LogP contribution in [0.5, 0.6) is 11.5 Å². The van der Waals surface area contributed by atoms with Crippen molar-refractivity contribution in [2.75, 3.05) is 26.3 Å². The lowest BCUT2D eigenvalue weighted by Crippen LogP contribution is -2.63. The van der Waals surface area contributed by atoms with Crippen LogP contribution in [0.4, 0.5) is 0 Å². The second-order valence-electron chi connectivity index (χ2n) is 9.74. The summed E-state index contributed by atoms with van der Waals surface area (Å²) in [6, 6.07) is 3.84. The van der Waals surface area contributed by atoms with E-state index in [4.69, 9.17) is 14.2 Å². The Morgan fingerprint density at radius 1 is 1.14 bits per heavy atom. The third-order valence-electron chi connectivity index (χ3n) is 7.84. The van der Waals surface area contributed by atoms with Crippen LogP contribution in [0.15, 0.2) is 12.1 Å². The van der Waals surface area contributed by atoms with Gasteiger partial charge in [0.2, 0.25) is 5.79 Å². The maximum atomic E-state index is 12.0. The van der Waals surface area contributed by atoms with Crippen LogP contribution in [0.1, 0.15) is 49.7 Å². The fourth-order valence-electron chi connectivity index (χ4n) is 6.09. The quantitative estimate of drug-likeness (QED) is 0.793. The fourth-order valence-corrected chi connectivity index (χ4v) is 6.09. The molecule has 5 aliphatic rings. The van der Waals surface area contributed by atoms with Crippen molar-refractivity contribution in [1.82, 2.24) is 4.90 Å². The first-order valence-electron chi connectivity index (χ1n) is 11.3. The minimum atomic E-state index is -0.850. The average Bonchev–Trinajstić information content (AvgIpc) is 3.38. The number of hydrogen-bond acceptors (Lipinski definition) is 6. The van der Waals surface area contributed by atoms with E-state index in [-0.39, 0.29) is 11.8 Å². The molecule has 1 spiro atoms. The molecular weight excluding hydrogens is 370 g/mol. The largest absolute Gasteiger partial charge is 0.504 e. The van der Waals surface area contributed by atoms with Crippen molar-refractivity contribution in [1.29, 1.82) is 0 Å². The van der Waals surface area contributed by atoms with E-state index in [1.807, 2.05) is 6.07 Å². The van der Waals surface area contributed by atoms with E-state index in [9.17, 15) is 10.2 Å². The number of phenolic OH excluding ortho intramolecular Hbond substituents is 1. The van der Waals surface area contributed by atoms with Gasteiger partial charge in [-0.2, -0.15) is 0 Å². The highest BCUT2D eigenvalue weighted by atomic mass is 16.8. The van der Waals surface area contributed by atoms with Gasteiger partial charge in [0.25, 0.3) is 0 Å². The Morgan fingerprint density at radius 2 is 1.97 bits per heavy atom. The van der Waals surface area contributed by atoms with Crippen molar-refractivity contribution in [2.24, 2.45) is 5.92 Å². The molecule has 1 aromatic rings. The Labute approximate surface area is 171 Å². The molecule has 29 heavy (non-hydrogen) atoms. The summed E-state index contributed by atoms with van der Waals surface area (Å²) in [7, 11) is 0. The zero-order valence-electron chi connectivity index (χ0n) is 16.9. The molecule has 3 heterocycles. The molecule has 6 rings (SSSR count). The summed E-state index contributed by atoms with van der Waals surface area (Å²) in [6.45, 7) is 3.17. The summed E-state index contributed by atoms with van der Waals surface area (Å²) in [5.41, 5.74) is 1.45. The first-order valence-corrected chi connectivity index (χ1v) is 11.3. The zero-order chi connectivity index (χ0) is 19.6. The maximum absolute atomic E-state index is 12.0. The van der Waals surface area contributed by atoms with Crippen LogP contribution in [0.3, 0.4) is 0 Å². The Morgan fingerprint density at radius 3 is 2.76 bits per heavy atom. The highest BCUT2D eigenvalue weighted by Crippen LogP contribution is 2.49. The zero-order valence-corrected chi connectivity index (χ0v) is 16.9. The standard InChI is InChI=1S/C23H31NO5/c25-18-6-5-16-12-19-22(26)7-8-23(27-10-11-28-23)20(13-22)29-21(18)17(16)2-1-9-24(19)14-15-3-4-15/h5-6,15,19-20,25-26H,1-4,7-14H2. The first-order chi connectivity index (χ1) is 14.1. The van der Waals surface area contributed by atoms with Crippen molar-refractivity contribution >= 4 is 0 Å². The van der Waals surface area contributed by atoms with Crippen LogP contribution in [0.25, 0.3) is 0 Å². The van der Waals surface area contributed by atoms with Crippen molar-refractivity contribution in [3.05, 3.63) is 23.3 Å². The highest BCUT2D eigenvalue weighted by molar-refractivity contribution is 5.51. The molecule has 3 aliphatic heterocycles. The number of aromatic hydroxyl groups is 1. The summed E-state index contributed by atoms with van der Waals surface area (Å²) in [4.78, 5) is 2.56. The first kappa shape index (κ1) is 18.4. The van der Waals surface area contributed by atoms with Crippen LogP contribution in [0.2, 0.25) is 0 Å². The monoisotopic (exact) mass is 401 g/mol. The van der Waals surface area contributed by atoms with Gasteiger partial charge in [-0.1, -0.05) is 6.07 Å². The number of nitrogens with zero attached hydrogens (tertiary/aromatic N) is 1. The van der Waals surface area contributed by atoms with Crippen molar-refractivity contribution in [2.45, 2.75) is 74.9 Å². The van der Waals surface area contributed by atoms with Gasteiger partial charge in [0, 0.05) is 31.0 Å². The van der Waals surface area contributed by atoms with E-state index in [1.54, 1.807) is 6.07 Å². The van der Waals surface area contributed by atoms with E-state index in [0.717, 1.165) is 43.8 Å². The molecule has 2 aliphatic carbocycles. The van der Waals surface area contributed by atoms with Crippen LogP contribution in [-0.2, 0) is 22.3 Å². The van der Waals surface area contributed by atoms with Crippen molar-refractivity contribution < 1.29 is 24.4 Å². The predicted molar refractivity (Wildman–Crippen MR) is 106 cm³/mol. The van der Waals surface area contributed by atoms with E-state index in [2.05, 4.69) is 4.90 Å². The Hall–Kier alpha value is -1.34. The third kappa shape index (κ3) is 2.99. The second-order valence-corrected chi connectivity index (χ2v) is 9.74. The normalized spacial score (nSPS) is 36.0. The van der Waals surface area contributed by atoms with Crippen LogP contribution in [0, 0.1) is 5.92 Å². The van der Waals surface area contributed by atoms with E-state index < -0.39 is 17.5 Å². The molecule has 0 radical (unpaired) electrons. The lowest BCUT2D eigenvalue weighted by molar-refractivity contribution is -0.259. The number of ether oxygens (including phenoxy) is 3. The molecule has 2 N–H and O–H groups in total. The molecule has 6 bridgehead atoms. The highest BCUT2D eigenvalue weighted by Gasteiger charge is 2.58. The Balaban J connectivity index is 1.48. The summed E-state index contributed by atoms with van der Waals surface area (Å²) in [6.07, 6.45) is 6.63. The molecule has 0 amide bonds. The molecule has 1 saturated heterocycles. The Bertz CT molecular complexity index is 803. The number of rotatable bonds is 2. The van der Waals surface area contributed by atoms with Gasteiger partial charge in [-0.3, -0.25) is 4.90 Å². The van der Waals surface area contributed by atoms with Gasteiger partial charge >= 0.3 is 0 Å². The van der Waals surface area contributed by atoms with Gasteiger partial charge in [-0.15, -0.1) is 0 Å². The van der Waals surface area contributed by atoms with Gasteiger partial charge in [-0.05, 0) is 62.6 Å². The molecule has 1 aromatic carbocycles. The lowest BCUT2D eigenvalue weighted by atomic mass is 9.72. The van der Waals surface area contributed by atoms with Gasteiger partial charge in [0.15, 0.2) is 17.6 Å². The van der Waals surface area contributed by atoms with E-state index >= 15 is 0 Å².